The Balaban J connectivity index is 2.71. The van der Waals surface area contributed by atoms with E-state index in [4.69, 9.17) is 4.74 Å². The third-order valence-corrected chi connectivity index (χ3v) is 3.09. The summed E-state index contributed by atoms with van der Waals surface area (Å²) in [6.45, 7) is 10.5. The van der Waals surface area contributed by atoms with Crippen LogP contribution in [0.3, 0.4) is 0 Å². The SMILES string of the molecule is CCCOc1cncc(C(CCC(C)C)NCC)c1. The molecule has 0 aromatic carbocycles. The molecule has 0 saturated heterocycles. The third kappa shape index (κ3) is 6.06. The predicted molar refractivity (Wildman–Crippen MR) is 80.5 cm³/mol. The van der Waals surface area contributed by atoms with Crippen molar-refractivity contribution in [2.45, 2.75) is 53.0 Å². The molecule has 1 rings (SSSR count). The van der Waals surface area contributed by atoms with Crippen molar-refractivity contribution in [3.8, 4) is 5.75 Å². The molecule has 1 aromatic rings. The lowest BCUT2D eigenvalue weighted by Gasteiger charge is -2.19. The van der Waals surface area contributed by atoms with E-state index in [-0.39, 0.29) is 0 Å². The van der Waals surface area contributed by atoms with Crippen molar-refractivity contribution >= 4 is 0 Å². The highest BCUT2D eigenvalue weighted by Gasteiger charge is 2.12. The largest absolute Gasteiger partial charge is 0.492 e. The number of hydrogen-bond donors (Lipinski definition) is 1. The molecule has 1 atom stereocenters. The first-order chi connectivity index (χ1) is 9.17. The van der Waals surface area contributed by atoms with Gasteiger partial charge in [-0.2, -0.15) is 0 Å². The molecule has 0 saturated carbocycles. The van der Waals surface area contributed by atoms with Crippen molar-refractivity contribution in [1.29, 1.82) is 0 Å². The fraction of sp³-hybridized carbons (Fsp3) is 0.688. The van der Waals surface area contributed by atoms with E-state index < -0.39 is 0 Å². The van der Waals surface area contributed by atoms with Crippen LogP contribution in [0.25, 0.3) is 0 Å². The minimum absolute atomic E-state index is 0.380. The van der Waals surface area contributed by atoms with Gasteiger partial charge in [0.25, 0.3) is 0 Å². The van der Waals surface area contributed by atoms with Gasteiger partial charge in [0.2, 0.25) is 0 Å². The Kier molecular flexibility index (Phi) is 7.49. The van der Waals surface area contributed by atoms with Gasteiger partial charge in [-0.1, -0.05) is 27.7 Å². The molecule has 108 valence electrons. The van der Waals surface area contributed by atoms with Crippen LogP contribution in [-0.2, 0) is 0 Å². The topological polar surface area (TPSA) is 34.1 Å². The molecule has 1 aromatic heterocycles. The molecule has 3 nitrogen and oxygen atoms in total. The van der Waals surface area contributed by atoms with Crippen molar-refractivity contribution in [3.63, 3.8) is 0 Å². The Hall–Kier alpha value is -1.09. The molecule has 0 fully saturated rings. The quantitative estimate of drug-likeness (QED) is 0.733. The van der Waals surface area contributed by atoms with Crippen LogP contribution in [0.5, 0.6) is 5.75 Å². The molecule has 1 unspecified atom stereocenters. The maximum atomic E-state index is 5.66. The molecule has 0 aliphatic rings. The summed E-state index contributed by atoms with van der Waals surface area (Å²) in [5.41, 5.74) is 1.23. The van der Waals surface area contributed by atoms with E-state index in [1.54, 1.807) is 6.20 Å². The first-order valence-corrected chi connectivity index (χ1v) is 7.48. The highest BCUT2D eigenvalue weighted by Crippen LogP contribution is 2.23. The average molecular weight is 264 g/mol. The molecule has 3 heteroatoms. The van der Waals surface area contributed by atoms with Crippen LogP contribution in [0.4, 0.5) is 0 Å². The van der Waals surface area contributed by atoms with E-state index in [1.807, 2.05) is 6.20 Å². The zero-order valence-corrected chi connectivity index (χ0v) is 12.8. The number of pyridine rings is 1. The van der Waals surface area contributed by atoms with E-state index >= 15 is 0 Å². The van der Waals surface area contributed by atoms with Crippen molar-refractivity contribution in [2.75, 3.05) is 13.2 Å². The molecule has 1 N–H and O–H groups in total. The lowest BCUT2D eigenvalue weighted by atomic mass is 9.98. The number of rotatable bonds is 9. The number of nitrogens with one attached hydrogen (secondary N) is 1. The highest BCUT2D eigenvalue weighted by molar-refractivity contribution is 5.26. The van der Waals surface area contributed by atoms with Crippen LogP contribution in [0.15, 0.2) is 18.5 Å². The molecule has 0 radical (unpaired) electrons. The van der Waals surface area contributed by atoms with Crippen LogP contribution in [-0.4, -0.2) is 18.1 Å². The van der Waals surface area contributed by atoms with Gasteiger partial charge in [0, 0.05) is 12.2 Å². The van der Waals surface area contributed by atoms with Crippen LogP contribution >= 0.6 is 0 Å². The number of nitrogens with zero attached hydrogens (tertiary/aromatic N) is 1. The number of aromatic nitrogens is 1. The molecule has 19 heavy (non-hydrogen) atoms. The van der Waals surface area contributed by atoms with Crippen LogP contribution in [0.1, 0.15) is 58.6 Å². The van der Waals surface area contributed by atoms with Gasteiger partial charge in [-0.05, 0) is 43.4 Å². The van der Waals surface area contributed by atoms with E-state index in [0.29, 0.717) is 6.04 Å². The highest BCUT2D eigenvalue weighted by atomic mass is 16.5. The van der Waals surface area contributed by atoms with Gasteiger partial charge >= 0.3 is 0 Å². The summed E-state index contributed by atoms with van der Waals surface area (Å²) < 4.78 is 5.66. The zero-order chi connectivity index (χ0) is 14.1. The molecule has 0 spiro atoms. The third-order valence-electron chi connectivity index (χ3n) is 3.09. The molecular formula is C16H28N2O. The van der Waals surface area contributed by atoms with Crippen LogP contribution in [0, 0.1) is 5.92 Å². The standard InChI is InChI=1S/C16H28N2O/c1-5-9-19-15-10-14(11-17-12-15)16(18-6-2)8-7-13(3)4/h10-13,16,18H,5-9H2,1-4H3. The first kappa shape index (κ1) is 16.0. The van der Waals surface area contributed by atoms with Crippen molar-refractivity contribution in [3.05, 3.63) is 24.0 Å². The summed E-state index contributed by atoms with van der Waals surface area (Å²) in [4.78, 5) is 4.30. The van der Waals surface area contributed by atoms with Gasteiger partial charge in [-0.3, -0.25) is 4.98 Å². The predicted octanol–water partition coefficient (Wildman–Crippen LogP) is 3.96. The van der Waals surface area contributed by atoms with Crippen molar-refractivity contribution in [2.24, 2.45) is 5.92 Å². The number of hydrogen-bond acceptors (Lipinski definition) is 3. The van der Waals surface area contributed by atoms with Gasteiger partial charge in [-0.15, -0.1) is 0 Å². The van der Waals surface area contributed by atoms with E-state index in [1.165, 1.54) is 12.0 Å². The fourth-order valence-electron chi connectivity index (χ4n) is 2.06. The van der Waals surface area contributed by atoms with Gasteiger partial charge in [-0.25, -0.2) is 0 Å². The van der Waals surface area contributed by atoms with Crippen molar-refractivity contribution in [1.82, 2.24) is 10.3 Å². The van der Waals surface area contributed by atoms with Gasteiger partial charge in [0.05, 0.1) is 12.8 Å². The molecule has 0 aliphatic carbocycles. The summed E-state index contributed by atoms with van der Waals surface area (Å²) in [5.74, 6) is 1.61. The summed E-state index contributed by atoms with van der Waals surface area (Å²) in [5, 5.41) is 3.54. The Morgan fingerprint density at radius 3 is 2.63 bits per heavy atom. The van der Waals surface area contributed by atoms with E-state index in [2.05, 4.69) is 44.1 Å². The van der Waals surface area contributed by atoms with Crippen LogP contribution < -0.4 is 10.1 Å². The molecule has 0 amide bonds. The molecule has 0 aliphatic heterocycles. The van der Waals surface area contributed by atoms with E-state index in [9.17, 15) is 0 Å². The monoisotopic (exact) mass is 264 g/mol. The normalized spacial score (nSPS) is 12.7. The smallest absolute Gasteiger partial charge is 0.137 e. The Morgan fingerprint density at radius 2 is 2.00 bits per heavy atom. The minimum atomic E-state index is 0.380. The maximum absolute atomic E-state index is 5.66. The Bertz CT molecular complexity index is 352. The van der Waals surface area contributed by atoms with Gasteiger partial charge < -0.3 is 10.1 Å². The average Bonchev–Trinajstić information content (AvgIpc) is 2.41. The Labute approximate surface area is 117 Å². The summed E-state index contributed by atoms with van der Waals surface area (Å²) >= 11 is 0. The second kappa shape index (κ2) is 8.92. The molecule has 0 bridgehead atoms. The summed E-state index contributed by atoms with van der Waals surface area (Å²) in [6.07, 6.45) is 7.13. The van der Waals surface area contributed by atoms with Crippen LogP contribution in [0.2, 0.25) is 0 Å². The zero-order valence-electron chi connectivity index (χ0n) is 12.8. The minimum Gasteiger partial charge on any atom is -0.492 e. The maximum Gasteiger partial charge on any atom is 0.137 e. The second-order valence-corrected chi connectivity index (χ2v) is 5.38. The summed E-state index contributed by atoms with van der Waals surface area (Å²) in [6, 6.07) is 2.50. The lowest BCUT2D eigenvalue weighted by Crippen LogP contribution is -2.21. The van der Waals surface area contributed by atoms with Gasteiger partial charge in [0.15, 0.2) is 0 Å². The number of ether oxygens (including phenoxy) is 1. The van der Waals surface area contributed by atoms with Gasteiger partial charge in [0.1, 0.15) is 5.75 Å². The fourth-order valence-corrected chi connectivity index (χ4v) is 2.06. The Morgan fingerprint density at radius 1 is 1.21 bits per heavy atom. The van der Waals surface area contributed by atoms with Crippen molar-refractivity contribution < 1.29 is 4.74 Å². The molecular weight excluding hydrogens is 236 g/mol. The second-order valence-electron chi connectivity index (χ2n) is 5.38. The summed E-state index contributed by atoms with van der Waals surface area (Å²) in [7, 11) is 0. The lowest BCUT2D eigenvalue weighted by molar-refractivity contribution is 0.315. The van der Waals surface area contributed by atoms with E-state index in [0.717, 1.165) is 37.7 Å². The first-order valence-electron chi connectivity index (χ1n) is 7.48. The molecule has 1 heterocycles.